The van der Waals surface area contributed by atoms with Gasteiger partial charge in [0.25, 0.3) is 0 Å². The summed E-state index contributed by atoms with van der Waals surface area (Å²) >= 11 is 0. The van der Waals surface area contributed by atoms with Gasteiger partial charge in [-0.2, -0.15) is 4.98 Å². The third-order valence-corrected chi connectivity index (χ3v) is 3.04. The van der Waals surface area contributed by atoms with E-state index >= 15 is 0 Å². The molecule has 1 atom stereocenters. The van der Waals surface area contributed by atoms with Crippen molar-refractivity contribution in [1.82, 2.24) is 4.98 Å². The molecule has 2 heterocycles. The van der Waals surface area contributed by atoms with Gasteiger partial charge in [-0.3, -0.25) is 0 Å². The number of pyridine rings is 1. The number of nitrogens with two attached hydrogens (primary N) is 1. The van der Waals surface area contributed by atoms with Crippen LogP contribution >= 0.6 is 0 Å². The number of hydrogen-bond acceptors (Lipinski definition) is 5. The van der Waals surface area contributed by atoms with E-state index in [0.29, 0.717) is 24.7 Å². The maximum atomic E-state index is 9.68. The predicted molar refractivity (Wildman–Crippen MR) is 71.9 cm³/mol. The van der Waals surface area contributed by atoms with Gasteiger partial charge in [0.2, 0.25) is 5.88 Å². The van der Waals surface area contributed by atoms with Gasteiger partial charge in [-0.15, -0.1) is 0 Å². The van der Waals surface area contributed by atoms with Crippen LogP contribution in [0.4, 0.5) is 11.5 Å². The summed E-state index contributed by atoms with van der Waals surface area (Å²) in [6.45, 7) is 4.20. The highest BCUT2D eigenvalue weighted by atomic mass is 16.5. The zero-order valence-electron chi connectivity index (χ0n) is 10.8. The Bertz CT molecular complexity index is 398. The molecule has 1 aromatic rings. The van der Waals surface area contributed by atoms with E-state index in [0.717, 1.165) is 31.6 Å². The molecule has 1 aliphatic heterocycles. The largest absolute Gasteiger partial charge is 0.476 e. The van der Waals surface area contributed by atoms with Gasteiger partial charge in [-0.1, -0.05) is 6.92 Å². The maximum Gasteiger partial charge on any atom is 0.239 e. The number of ether oxygens (including phenoxy) is 1. The number of nitrogen functional groups attached to an aromatic ring is 1. The maximum absolute atomic E-state index is 9.68. The lowest BCUT2D eigenvalue weighted by Gasteiger charge is -2.31. The van der Waals surface area contributed by atoms with E-state index in [-0.39, 0.29) is 6.10 Å². The first kappa shape index (κ1) is 13.0. The first-order valence-corrected chi connectivity index (χ1v) is 6.53. The molecule has 2 rings (SSSR count). The first-order chi connectivity index (χ1) is 8.70. The Morgan fingerprint density at radius 3 is 3.11 bits per heavy atom. The van der Waals surface area contributed by atoms with Gasteiger partial charge >= 0.3 is 0 Å². The highest BCUT2D eigenvalue weighted by molar-refractivity contribution is 5.54. The number of aliphatic hydroxyl groups excluding tert-OH is 1. The second kappa shape index (κ2) is 5.91. The second-order valence-corrected chi connectivity index (χ2v) is 4.65. The fraction of sp³-hybridized carbons (Fsp3) is 0.615. The van der Waals surface area contributed by atoms with Crippen molar-refractivity contribution in [2.45, 2.75) is 32.3 Å². The molecule has 5 heteroatoms. The molecule has 1 fully saturated rings. The van der Waals surface area contributed by atoms with E-state index in [2.05, 4.69) is 9.88 Å². The molecule has 3 N–H and O–H groups in total. The molecule has 0 aromatic carbocycles. The molecule has 0 amide bonds. The minimum Gasteiger partial charge on any atom is -0.476 e. The van der Waals surface area contributed by atoms with E-state index in [1.165, 1.54) is 0 Å². The van der Waals surface area contributed by atoms with Crippen LogP contribution in [0.15, 0.2) is 12.1 Å². The van der Waals surface area contributed by atoms with Crippen LogP contribution in [0.5, 0.6) is 5.88 Å². The Labute approximate surface area is 108 Å². The van der Waals surface area contributed by atoms with Crippen LogP contribution in [-0.4, -0.2) is 35.9 Å². The van der Waals surface area contributed by atoms with Gasteiger partial charge in [-0.25, -0.2) is 0 Å². The van der Waals surface area contributed by atoms with E-state index in [1.54, 1.807) is 0 Å². The third-order valence-electron chi connectivity index (χ3n) is 3.04. The molecule has 0 saturated carbocycles. The van der Waals surface area contributed by atoms with E-state index in [9.17, 15) is 5.11 Å². The average Bonchev–Trinajstić information content (AvgIpc) is 2.38. The molecule has 5 nitrogen and oxygen atoms in total. The summed E-state index contributed by atoms with van der Waals surface area (Å²) in [5.74, 6) is 1.32. The minimum atomic E-state index is -0.266. The Hall–Kier alpha value is -1.49. The summed E-state index contributed by atoms with van der Waals surface area (Å²) in [5.41, 5.74) is 6.39. The van der Waals surface area contributed by atoms with Crippen molar-refractivity contribution in [3.05, 3.63) is 12.1 Å². The number of rotatable bonds is 4. The highest BCUT2D eigenvalue weighted by Gasteiger charge is 2.19. The topological polar surface area (TPSA) is 71.6 Å². The Morgan fingerprint density at radius 2 is 2.39 bits per heavy atom. The van der Waals surface area contributed by atoms with Crippen molar-refractivity contribution in [3.8, 4) is 5.88 Å². The van der Waals surface area contributed by atoms with Crippen molar-refractivity contribution in [1.29, 1.82) is 0 Å². The molecule has 1 unspecified atom stereocenters. The van der Waals surface area contributed by atoms with Gasteiger partial charge in [-0.05, 0) is 31.4 Å². The number of anilines is 2. The van der Waals surface area contributed by atoms with Gasteiger partial charge in [0.15, 0.2) is 0 Å². The van der Waals surface area contributed by atoms with Gasteiger partial charge in [0.05, 0.1) is 18.4 Å². The number of β-amino-alcohol motifs (C(OH)–C–C–N with tert-alkyl or cyclic N) is 1. The average molecular weight is 251 g/mol. The second-order valence-electron chi connectivity index (χ2n) is 4.65. The molecule has 0 spiro atoms. The minimum absolute atomic E-state index is 0.266. The molecular formula is C13H21N3O2. The summed E-state index contributed by atoms with van der Waals surface area (Å²) in [4.78, 5) is 6.51. The van der Waals surface area contributed by atoms with E-state index in [4.69, 9.17) is 10.5 Å². The summed E-state index contributed by atoms with van der Waals surface area (Å²) in [6.07, 6.45) is 2.51. The summed E-state index contributed by atoms with van der Waals surface area (Å²) in [6, 6.07) is 3.69. The fourth-order valence-electron chi connectivity index (χ4n) is 2.09. The number of hydrogen-bond donors (Lipinski definition) is 2. The number of aromatic nitrogens is 1. The van der Waals surface area contributed by atoms with Crippen molar-refractivity contribution in [2.75, 3.05) is 30.3 Å². The van der Waals surface area contributed by atoms with Crippen LogP contribution in [0.2, 0.25) is 0 Å². The Morgan fingerprint density at radius 1 is 1.56 bits per heavy atom. The molecule has 1 aromatic heterocycles. The molecule has 0 radical (unpaired) electrons. The number of aliphatic hydroxyl groups is 1. The van der Waals surface area contributed by atoms with Crippen molar-refractivity contribution >= 4 is 11.5 Å². The van der Waals surface area contributed by atoms with Crippen LogP contribution in [0.25, 0.3) is 0 Å². The lowest BCUT2D eigenvalue weighted by atomic mass is 10.1. The van der Waals surface area contributed by atoms with Crippen LogP contribution in [0, 0.1) is 0 Å². The Kier molecular flexibility index (Phi) is 4.25. The summed E-state index contributed by atoms with van der Waals surface area (Å²) < 4.78 is 5.52. The molecule has 0 aliphatic carbocycles. The third kappa shape index (κ3) is 3.04. The normalized spacial score (nSPS) is 19.9. The van der Waals surface area contributed by atoms with Crippen LogP contribution in [0.3, 0.4) is 0 Å². The quantitative estimate of drug-likeness (QED) is 0.846. The monoisotopic (exact) mass is 251 g/mol. The lowest BCUT2D eigenvalue weighted by molar-refractivity contribution is 0.153. The zero-order chi connectivity index (χ0) is 13.0. The molecular weight excluding hydrogens is 230 g/mol. The standard InChI is InChI=1S/C13H21N3O2/c1-2-8-18-13-11(14)5-6-12(15-13)16-7-3-4-10(17)9-16/h5-6,10,17H,2-4,7-9,14H2,1H3. The number of piperidine rings is 1. The van der Waals surface area contributed by atoms with E-state index < -0.39 is 0 Å². The number of nitrogens with zero attached hydrogens (tertiary/aromatic N) is 2. The van der Waals surface area contributed by atoms with Gasteiger partial charge < -0.3 is 20.5 Å². The van der Waals surface area contributed by atoms with E-state index in [1.807, 2.05) is 19.1 Å². The van der Waals surface area contributed by atoms with Crippen LogP contribution in [-0.2, 0) is 0 Å². The summed E-state index contributed by atoms with van der Waals surface area (Å²) in [7, 11) is 0. The van der Waals surface area contributed by atoms with Gasteiger partial charge in [0, 0.05) is 13.1 Å². The van der Waals surface area contributed by atoms with Crippen molar-refractivity contribution in [2.24, 2.45) is 0 Å². The first-order valence-electron chi connectivity index (χ1n) is 6.53. The smallest absolute Gasteiger partial charge is 0.239 e. The fourth-order valence-corrected chi connectivity index (χ4v) is 2.09. The summed E-state index contributed by atoms with van der Waals surface area (Å²) in [5, 5.41) is 9.68. The van der Waals surface area contributed by atoms with Gasteiger partial charge in [0.1, 0.15) is 5.82 Å². The van der Waals surface area contributed by atoms with Crippen LogP contribution in [0.1, 0.15) is 26.2 Å². The van der Waals surface area contributed by atoms with Crippen molar-refractivity contribution in [3.63, 3.8) is 0 Å². The molecule has 100 valence electrons. The lowest BCUT2D eigenvalue weighted by Crippen LogP contribution is -2.38. The molecule has 0 bridgehead atoms. The zero-order valence-corrected chi connectivity index (χ0v) is 10.8. The van der Waals surface area contributed by atoms with Crippen LogP contribution < -0.4 is 15.4 Å². The Balaban J connectivity index is 2.12. The predicted octanol–water partition coefficient (Wildman–Crippen LogP) is 1.41. The molecule has 18 heavy (non-hydrogen) atoms. The highest BCUT2D eigenvalue weighted by Crippen LogP contribution is 2.25. The molecule has 1 saturated heterocycles. The van der Waals surface area contributed by atoms with Crippen molar-refractivity contribution < 1.29 is 9.84 Å². The SMILES string of the molecule is CCCOc1nc(N2CCCC(O)C2)ccc1N. The molecule has 1 aliphatic rings.